The third-order valence-corrected chi connectivity index (χ3v) is 4.04. The number of amides is 1. The smallest absolute Gasteiger partial charge is 0.254 e. The lowest BCUT2D eigenvalue weighted by Crippen LogP contribution is -2.56. The number of piperazine rings is 1. The van der Waals surface area contributed by atoms with Gasteiger partial charge in [-0.15, -0.1) is 0 Å². The molecule has 2 N–H and O–H groups in total. The third-order valence-electron chi connectivity index (χ3n) is 3.64. The molecule has 5 heteroatoms. The number of hydrogen-bond acceptors (Lipinski definition) is 3. The normalized spacial score (nSPS) is 20.6. The molecule has 1 saturated heterocycles. The molecule has 0 unspecified atom stereocenters. The topological polar surface area (TPSA) is 49.6 Å². The van der Waals surface area contributed by atoms with Crippen molar-refractivity contribution < 1.29 is 4.79 Å². The fourth-order valence-electron chi connectivity index (χ4n) is 2.37. The zero-order chi connectivity index (χ0) is 14.0. The first-order chi connectivity index (χ1) is 9.02. The van der Waals surface area contributed by atoms with E-state index < -0.39 is 0 Å². The highest BCUT2D eigenvalue weighted by molar-refractivity contribution is 6.31. The summed E-state index contributed by atoms with van der Waals surface area (Å²) in [6.45, 7) is 4.82. The zero-order valence-electron chi connectivity index (χ0n) is 11.4. The van der Waals surface area contributed by atoms with Crippen LogP contribution in [0.25, 0.3) is 0 Å². The van der Waals surface area contributed by atoms with Crippen molar-refractivity contribution in [2.24, 2.45) is 5.73 Å². The maximum atomic E-state index is 12.5. The molecule has 0 aromatic heterocycles. The van der Waals surface area contributed by atoms with Crippen molar-refractivity contribution in [1.29, 1.82) is 0 Å². The van der Waals surface area contributed by atoms with Crippen LogP contribution in [0.15, 0.2) is 18.2 Å². The number of carbonyl (C=O) groups is 1. The molecule has 0 aliphatic carbocycles. The van der Waals surface area contributed by atoms with Gasteiger partial charge in [0.2, 0.25) is 0 Å². The monoisotopic (exact) mass is 281 g/mol. The highest BCUT2D eigenvalue weighted by Crippen LogP contribution is 2.19. The van der Waals surface area contributed by atoms with Crippen molar-refractivity contribution in [3.63, 3.8) is 0 Å². The quantitative estimate of drug-likeness (QED) is 0.891. The molecule has 1 heterocycles. The van der Waals surface area contributed by atoms with E-state index in [1.54, 1.807) is 6.07 Å². The molecular weight excluding hydrogens is 262 g/mol. The lowest BCUT2D eigenvalue weighted by Gasteiger charge is -2.39. The van der Waals surface area contributed by atoms with E-state index in [2.05, 4.69) is 4.90 Å². The van der Waals surface area contributed by atoms with Crippen molar-refractivity contribution in [3.8, 4) is 0 Å². The number of carbonyl (C=O) groups excluding carboxylic acids is 1. The summed E-state index contributed by atoms with van der Waals surface area (Å²) in [6.07, 6.45) is 0. The summed E-state index contributed by atoms with van der Waals surface area (Å²) in [5.74, 6) is 0.0189. The Morgan fingerprint density at radius 3 is 2.84 bits per heavy atom. The van der Waals surface area contributed by atoms with Crippen LogP contribution in [0.4, 0.5) is 0 Å². The number of likely N-dealkylation sites (N-methyl/N-ethyl adjacent to an activating group) is 1. The molecular formula is C14H20ClN3O. The molecule has 0 saturated carbocycles. The van der Waals surface area contributed by atoms with Crippen LogP contribution in [0, 0.1) is 6.92 Å². The number of hydrogen-bond donors (Lipinski definition) is 1. The van der Waals surface area contributed by atoms with Crippen LogP contribution in [-0.4, -0.2) is 55.0 Å². The number of nitrogens with zero attached hydrogens (tertiary/aromatic N) is 2. The van der Waals surface area contributed by atoms with Crippen LogP contribution in [0.2, 0.25) is 5.02 Å². The summed E-state index contributed by atoms with van der Waals surface area (Å²) in [6, 6.07) is 5.52. The van der Waals surface area contributed by atoms with Gasteiger partial charge in [-0.3, -0.25) is 4.79 Å². The number of aryl methyl sites for hydroxylation is 1. The summed E-state index contributed by atoms with van der Waals surface area (Å²) in [4.78, 5) is 16.6. The van der Waals surface area contributed by atoms with Gasteiger partial charge >= 0.3 is 0 Å². The fourth-order valence-corrected chi connectivity index (χ4v) is 2.55. The van der Waals surface area contributed by atoms with Crippen molar-refractivity contribution in [2.75, 3.05) is 33.2 Å². The first-order valence-electron chi connectivity index (χ1n) is 6.48. The van der Waals surface area contributed by atoms with Gasteiger partial charge in [-0.1, -0.05) is 17.7 Å². The van der Waals surface area contributed by atoms with E-state index in [0.717, 1.165) is 18.7 Å². The minimum atomic E-state index is 0.0189. The van der Waals surface area contributed by atoms with Gasteiger partial charge in [0.25, 0.3) is 5.91 Å². The molecule has 2 rings (SSSR count). The van der Waals surface area contributed by atoms with Crippen LogP contribution in [0.5, 0.6) is 0 Å². The Bertz CT molecular complexity index is 478. The molecule has 1 fully saturated rings. The summed E-state index contributed by atoms with van der Waals surface area (Å²) >= 11 is 6.09. The lowest BCUT2D eigenvalue weighted by atomic mass is 10.1. The van der Waals surface area contributed by atoms with Crippen LogP contribution < -0.4 is 5.73 Å². The molecule has 1 atom stereocenters. The second kappa shape index (κ2) is 5.90. The second-order valence-corrected chi connectivity index (χ2v) is 5.52. The molecule has 0 spiro atoms. The number of nitrogens with two attached hydrogens (primary N) is 1. The highest BCUT2D eigenvalue weighted by Gasteiger charge is 2.28. The average molecular weight is 282 g/mol. The number of rotatable bonds is 2. The van der Waals surface area contributed by atoms with Gasteiger partial charge < -0.3 is 15.5 Å². The minimum absolute atomic E-state index is 0.0189. The standard InChI is InChI=1S/C14H20ClN3O/c1-10-3-4-11(7-13(10)15)14(19)18-6-5-17(2)9-12(18)8-16/h3-4,7,12H,5-6,8-9,16H2,1-2H3/t12-/m0/s1. The van der Waals surface area contributed by atoms with Crippen molar-refractivity contribution in [3.05, 3.63) is 34.3 Å². The number of halogens is 1. The molecule has 1 aliphatic heterocycles. The summed E-state index contributed by atoms with van der Waals surface area (Å²) in [7, 11) is 2.05. The second-order valence-electron chi connectivity index (χ2n) is 5.11. The Kier molecular flexibility index (Phi) is 4.45. The van der Waals surface area contributed by atoms with Crippen LogP contribution in [-0.2, 0) is 0 Å². The first-order valence-corrected chi connectivity index (χ1v) is 6.86. The van der Waals surface area contributed by atoms with Gasteiger partial charge in [0.05, 0.1) is 6.04 Å². The van der Waals surface area contributed by atoms with Gasteiger partial charge in [0.1, 0.15) is 0 Å². The molecule has 1 aromatic rings. The summed E-state index contributed by atoms with van der Waals surface area (Å²) in [5.41, 5.74) is 7.40. The molecule has 1 aliphatic rings. The molecule has 0 bridgehead atoms. The lowest BCUT2D eigenvalue weighted by molar-refractivity contribution is 0.0516. The fraction of sp³-hybridized carbons (Fsp3) is 0.500. The van der Waals surface area contributed by atoms with Gasteiger partial charge in [0.15, 0.2) is 0 Å². The largest absolute Gasteiger partial charge is 0.332 e. The van der Waals surface area contributed by atoms with Gasteiger partial charge in [-0.2, -0.15) is 0 Å². The Balaban J connectivity index is 2.20. The summed E-state index contributed by atoms with van der Waals surface area (Å²) < 4.78 is 0. The van der Waals surface area contributed by atoms with Gasteiger partial charge in [-0.05, 0) is 31.7 Å². The van der Waals surface area contributed by atoms with E-state index in [1.165, 1.54) is 0 Å². The maximum Gasteiger partial charge on any atom is 0.254 e. The van der Waals surface area contributed by atoms with E-state index in [9.17, 15) is 4.79 Å². The van der Waals surface area contributed by atoms with Crippen molar-refractivity contribution >= 4 is 17.5 Å². The minimum Gasteiger partial charge on any atom is -0.332 e. The number of benzene rings is 1. The zero-order valence-corrected chi connectivity index (χ0v) is 12.2. The Hall–Kier alpha value is -1.10. The Labute approximate surface area is 119 Å². The van der Waals surface area contributed by atoms with Crippen LogP contribution in [0.3, 0.4) is 0 Å². The van der Waals surface area contributed by atoms with Crippen molar-refractivity contribution in [1.82, 2.24) is 9.80 Å². The van der Waals surface area contributed by atoms with Crippen LogP contribution >= 0.6 is 11.6 Å². The molecule has 0 radical (unpaired) electrons. The van der Waals surface area contributed by atoms with Crippen molar-refractivity contribution in [2.45, 2.75) is 13.0 Å². The predicted octanol–water partition coefficient (Wildman–Crippen LogP) is 1.36. The average Bonchev–Trinajstić information content (AvgIpc) is 2.41. The van der Waals surface area contributed by atoms with Gasteiger partial charge in [0, 0.05) is 36.8 Å². The van der Waals surface area contributed by atoms with E-state index in [0.29, 0.717) is 23.7 Å². The van der Waals surface area contributed by atoms with E-state index in [-0.39, 0.29) is 11.9 Å². The molecule has 19 heavy (non-hydrogen) atoms. The molecule has 4 nitrogen and oxygen atoms in total. The highest BCUT2D eigenvalue weighted by atomic mass is 35.5. The van der Waals surface area contributed by atoms with E-state index in [1.807, 2.05) is 31.0 Å². The maximum absolute atomic E-state index is 12.5. The van der Waals surface area contributed by atoms with Crippen LogP contribution in [0.1, 0.15) is 15.9 Å². The molecule has 104 valence electrons. The molecule has 1 amide bonds. The Morgan fingerprint density at radius 1 is 1.47 bits per heavy atom. The van der Waals surface area contributed by atoms with Gasteiger partial charge in [-0.25, -0.2) is 0 Å². The van der Waals surface area contributed by atoms with E-state index >= 15 is 0 Å². The SMILES string of the molecule is Cc1ccc(C(=O)N2CCN(C)C[C@@H]2CN)cc1Cl. The summed E-state index contributed by atoms with van der Waals surface area (Å²) in [5, 5.41) is 0.629. The third kappa shape index (κ3) is 3.08. The first kappa shape index (κ1) is 14.3. The predicted molar refractivity (Wildman–Crippen MR) is 77.6 cm³/mol. The van der Waals surface area contributed by atoms with E-state index in [4.69, 9.17) is 17.3 Å². The Morgan fingerprint density at radius 2 is 2.21 bits per heavy atom. The molecule has 1 aromatic carbocycles.